The van der Waals surface area contributed by atoms with Crippen LogP contribution in [0.1, 0.15) is 31.8 Å². The predicted octanol–water partition coefficient (Wildman–Crippen LogP) is -0.125. The Balaban J connectivity index is 0.000000368. The number of hydrogen-bond acceptors (Lipinski definition) is 8. The molecule has 0 fully saturated rings. The summed E-state index contributed by atoms with van der Waals surface area (Å²) < 4.78 is 0. The van der Waals surface area contributed by atoms with Gasteiger partial charge in [-0.25, -0.2) is 9.59 Å². The minimum Gasteiger partial charge on any atom is -0.478 e. The van der Waals surface area contributed by atoms with Gasteiger partial charge in [-0.3, -0.25) is 0 Å². The summed E-state index contributed by atoms with van der Waals surface area (Å²) in [5, 5.41) is 61.1. The van der Waals surface area contributed by atoms with E-state index in [-0.39, 0.29) is 17.4 Å². The zero-order valence-electron chi connectivity index (χ0n) is 16.7. The van der Waals surface area contributed by atoms with E-state index in [0.717, 1.165) is 11.1 Å². The van der Waals surface area contributed by atoms with Crippen LogP contribution in [0.15, 0.2) is 48.5 Å². The first-order valence-corrected chi connectivity index (χ1v) is 9.24. The van der Waals surface area contributed by atoms with E-state index in [9.17, 15) is 14.4 Å². The van der Waals surface area contributed by atoms with E-state index in [1.54, 1.807) is 24.3 Å². The molecule has 0 saturated heterocycles. The van der Waals surface area contributed by atoms with E-state index in [1.807, 2.05) is 12.2 Å². The summed E-state index contributed by atoms with van der Waals surface area (Å²) in [4.78, 5) is 31.3. The molecule has 0 saturated carbocycles. The quantitative estimate of drug-likeness (QED) is 0.201. The van der Waals surface area contributed by atoms with Crippen LogP contribution in [0.3, 0.4) is 0 Å². The minimum absolute atomic E-state index is 0.0258. The van der Waals surface area contributed by atoms with Crippen LogP contribution in [-0.4, -0.2) is 85.0 Å². The summed E-state index contributed by atoms with van der Waals surface area (Å²) in [6.07, 6.45) is -3.17. The van der Waals surface area contributed by atoms with Crippen LogP contribution in [0.25, 0.3) is 12.2 Å². The first-order valence-electron chi connectivity index (χ1n) is 9.24. The zero-order chi connectivity index (χ0) is 24.3. The van der Waals surface area contributed by atoms with Crippen LogP contribution in [0.5, 0.6) is 0 Å². The van der Waals surface area contributed by atoms with Crippen molar-refractivity contribution in [2.24, 2.45) is 0 Å². The van der Waals surface area contributed by atoms with E-state index in [4.69, 9.17) is 35.7 Å². The fourth-order valence-electron chi connectivity index (χ4n) is 2.28. The Morgan fingerprint density at radius 1 is 0.719 bits per heavy atom. The number of rotatable bonds is 9. The van der Waals surface area contributed by atoms with Crippen LogP contribution >= 0.6 is 0 Å². The van der Waals surface area contributed by atoms with Gasteiger partial charge in [-0.1, -0.05) is 36.4 Å². The summed E-state index contributed by atoms with van der Waals surface area (Å²) in [6, 6.07) is 13.0. The van der Waals surface area contributed by atoms with Gasteiger partial charge in [0.15, 0.2) is 6.29 Å². The molecule has 0 unspecified atom stereocenters. The smallest absolute Gasteiger partial charge is 0.335 e. The molecule has 4 atom stereocenters. The van der Waals surface area contributed by atoms with E-state index >= 15 is 0 Å². The Bertz CT molecular complexity index is 846. The van der Waals surface area contributed by atoms with Crippen LogP contribution in [0.2, 0.25) is 0 Å². The molecule has 0 radical (unpaired) electrons. The third kappa shape index (κ3) is 8.38. The molecule has 0 aliphatic rings. The van der Waals surface area contributed by atoms with Crippen molar-refractivity contribution in [3.05, 3.63) is 70.8 Å². The van der Waals surface area contributed by atoms with E-state index in [0.29, 0.717) is 0 Å². The summed E-state index contributed by atoms with van der Waals surface area (Å²) in [7, 11) is 0. The Labute approximate surface area is 182 Å². The lowest BCUT2D eigenvalue weighted by Gasteiger charge is -2.22. The van der Waals surface area contributed by atoms with Gasteiger partial charge in [0.25, 0.3) is 0 Å². The fourth-order valence-corrected chi connectivity index (χ4v) is 2.28. The summed E-state index contributed by atoms with van der Waals surface area (Å²) in [6.45, 7) is -0.760. The molecular formula is C22H24O10. The highest BCUT2D eigenvalue weighted by atomic mass is 16.4. The maximum absolute atomic E-state index is 10.7. The van der Waals surface area contributed by atoms with Gasteiger partial charge in [0.1, 0.15) is 24.4 Å². The maximum Gasteiger partial charge on any atom is 0.335 e. The summed E-state index contributed by atoms with van der Waals surface area (Å²) in [5.41, 5.74) is 2.23. The van der Waals surface area contributed by atoms with Crippen LogP contribution in [0, 0.1) is 0 Å². The molecule has 10 nitrogen and oxygen atoms in total. The Kier molecular flexibility index (Phi) is 10.9. The standard InChI is InChI=1S/C16H12O4.C6H12O6/c17-15(18)13-7-3-11(4-8-13)1-2-12-5-9-14(10-6-12)16(19)20;7-1-3(9)5(11)6(12)4(10)2-8/h1-10H,(H,17,18)(H,19,20);1,3-6,8-12H,2H2/t;3-,4+,5+,6+/m.0/s1. The normalized spacial score (nSPS) is 14.5. The highest BCUT2D eigenvalue weighted by molar-refractivity contribution is 5.88. The van der Waals surface area contributed by atoms with Crippen molar-refractivity contribution in [1.82, 2.24) is 0 Å². The van der Waals surface area contributed by atoms with E-state index in [1.165, 1.54) is 24.3 Å². The average Bonchev–Trinajstić information content (AvgIpc) is 2.81. The molecule has 0 aliphatic carbocycles. The Morgan fingerprint density at radius 2 is 1.09 bits per heavy atom. The first-order chi connectivity index (χ1) is 15.1. The number of aldehydes is 1. The number of aliphatic hydroxyl groups is 5. The van der Waals surface area contributed by atoms with E-state index in [2.05, 4.69) is 0 Å². The first kappa shape index (κ1) is 26.6. The molecule has 0 bridgehead atoms. The molecule has 10 heteroatoms. The average molecular weight is 448 g/mol. The summed E-state index contributed by atoms with van der Waals surface area (Å²) in [5.74, 6) is -1.91. The summed E-state index contributed by atoms with van der Waals surface area (Å²) >= 11 is 0. The van der Waals surface area contributed by atoms with Crippen molar-refractivity contribution >= 4 is 30.4 Å². The molecule has 0 aliphatic heterocycles. The number of carboxylic acid groups (broad SMARTS) is 2. The van der Waals surface area contributed by atoms with Crippen molar-refractivity contribution in [3.8, 4) is 0 Å². The zero-order valence-corrected chi connectivity index (χ0v) is 16.7. The van der Waals surface area contributed by atoms with Gasteiger partial charge in [0.2, 0.25) is 0 Å². The third-order valence-electron chi connectivity index (χ3n) is 4.20. The second-order valence-electron chi connectivity index (χ2n) is 6.55. The lowest BCUT2D eigenvalue weighted by atomic mass is 10.0. The molecule has 2 rings (SSSR count). The van der Waals surface area contributed by atoms with Crippen molar-refractivity contribution in [2.75, 3.05) is 6.61 Å². The molecule has 172 valence electrons. The highest BCUT2D eigenvalue weighted by Gasteiger charge is 2.29. The van der Waals surface area contributed by atoms with Gasteiger partial charge in [-0.2, -0.15) is 0 Å². The molecule has 0 aromatic heterocycles. The van der Waals surface area contributed by atoms with Gasteiger partial charge in [0.05, 0.1) is 17.7 Å². The van der Waals surface area contributed by atoms with Gasteiger partial charge in [-0.05, 0) is 35.4 Å². The predicted molar refractivity (Wildman–Crippen MR) is 113 cm³/mol. The Morgan fingerprint density at radius 3 is 1.38 bits per heavy atom. The van der Waals surface area contributed by atoms with Crippen molar-refractivity contribution < 1.29 is 50.1 Å². The third-order valence-corrected chi connectivity index (χ3v) is 4.20. The molecule has 0 amide bonds. The number of aliphatic hydroxyl groups excluding tert-OH is 5. The molecule has 2 aromatic rings. The fraction of sp³-hybridized carbons (Fsp3) is 0.227. The topological polar surface area (TPSA) is 193 Å². The van der Waals surface area contributed by atoms with Gasteiger partial charge in [-0.15, -0.1) is 0 Å². The second-order valence-corrected chi connectivity index (χ2v) is 6.55. The minimum atomic E-state index is -1.79. The number of benzene rings is 2. The van der Waals surface area contributed by atoms with Crippen molar-refractivity contribution in [1.29, 1.82) is 0 Å². The molecule has 32 heavy (non-hydrogen) atoms. The molecule has 0 spiro atoms. The van der Waals surface area contributed by atoms with Crippen molar-refractivity contribution in [3.63, 3.8) is 0 Å². The SMILES string of the molecule is O=C(O)c1ccc(C=Cc2ccc(C(=O)O)cc2)cc1.O=C[C@H](O)[C@@H](O)[C@H](O)[C@H](O)CO. The molecule has 0 heterocycles. The van der Waals surface area contributed by atoms with Crippen LogP contribution in [0.4, 0.5) is 0 Å². The number of hydrogen-bond donors (Lipinski definition) is 7. The number of carbonyl (C=O) groups is 3. The van der Waals surface area contributed by atoms with E-state index < -0.39 is 43.0 Å². The van der Waals surface area contributed by atoms with Crippen LogP contribution < -0.4 is 0 Å². The van der Waals surface area contributed by atoms with Gasteiger partial charge < -0.3 is 40.5 Å². The van der Waals surface area contributed by atoms with Gasteiger partial charge >= 0.3 is 11.9 Å². The van der Waals surface area contributed by atoms with Crippen LogP contribution in [-0.2, 0) is 4.79 Å². The lowest BCUT2D eigenvalue weighted by Crippen LogP contribution is -2.46. The Hall–Kier alpha value is -3.41. The largest absolute Gasteiger partial charge is 0.478 e. The van der Waals surface area contributed by atoms with Crippen molar-refractivity contribution in [2.45, 2.75) is 24.4 Å². The highest BCUT2D eigenvalue weighted by Crippen LogP contribution is 2.11. The second kappa shape index (κ2) is 13.1. The molecule has 7 N–H and O–H groups in total. The number of carboxylic acids is 2. The molecular weight excluding hydrogens is 424 g/mol. The number of carbonyl (C=O) groups excluding carboxylic acids is 1. The number of aromatic carboxylic acids is 2. The maximum atomic E-state index is 10.7. The lowest BCUT2D eigenvalue weighted by molar-refractivity contribution is -0.136. The molecule has 2 aromatic carbocycles. The van der Waals surface area contributed by atoms with Gasteiger partial charge in [0, 0.05) is 0 Å². The monoisotopic (exact) mass is 448 g/mol.